The van der Waals surface area contributed by atoms with Gasteiger partial charge in [-0.15, -0.1) is 0 Å². The van der Waals surface area contributed by atoms with E-state index in [2.05, 4.69) is 15.3 Å². The van der Waals surface area contributed by atoms with Crippen molar-refractivity contribution in [2.45, 2.75) is 44.9 Å². The molecule has 6 rings (SSSR count). The standard InChI is InChI=1S/C29H28FN5O5/c1-28(2,3)40-27(37)35-15-20-19(22-14-32-24-12-18(30)8-10-34(22)24)5-6-21(25(20)26(35)36)33-23-7-4-17(13-31-23)29(38)9-11-39-16-29/h4-8,10,12-14,38H,9,11,15-16H2,1-3H3,(H,31,33)/t29-/m1/s1. The minimum absolute atomic E-state index is 0.0121. The van der Waals surface area contributed by atoms with Gasteiger partial charge in [-0.3, -0.25) is 9.20 Å². The molecule has 206 valence electrons. The maximum atomic E-state index is 13.8. The van der Waals surface area contributed by atoms with Crippen molar-refractivity contribution < 1.29 is 28.6 Å². The molecule has 3 aromatic heterocycles. The Morgan fingerprint density at radius 2 is 2.00 bits per heavy atom. The Kier molecular flexibility index (Phi) is 6.08. The van der Waals surface area contributed by atoms with Crippen molar-refractivity contribution in [2.75, 3.05) is 18.5 Å². The third-order valence-electron chi connectivity index (χ3n) is 7.02. The number of anilines is 2. The Labute approximate surface area is 229 Å². The minimum atomic E-state index is -1.07. The maximum absolute atomic E-state index is 13.8. The number of nitrogens with one attached hydrogen (secondary N) is 1. The topological polar surface area (TPSA) is 118 Å². The van der Waals surface area contributed by atoms with Gasteiger partial charge in [-0.2, -0.15) is 0 Å². The first kappa shape index (κ1) is 25.9. The number of hydrogen-bond donors (Lipinski definition) is 2. The van der Waals surface area contributed by atoms with Gasteiger partial charge >= 0.3 is 6.09 Å². The van der Waals surface area contributed by atoms with Crippen LogP contribution in [0.2, 0.25) is 0 Å². The zero-order valence-corrected chi connectivity index (χ0v) is 22.3. The Bertz CT molecular complexity index is 1640. The van der Waals surface area contributed by atoms with Gasteiger partial charge in [-0.1, -0.05) is 12.1 Å². The van der Waals surface area contributed by atoms with Gasteiger partial charge in [0, 0.05) is 42.6 Å². The number of pyridine rings is 2. The molecule has 2 aliphatic rings. The molecule has 0 unspecified atom stereocenters. The van der Waals surface area contributed by atoms with E-state index < -0.39 is 29.0 Å². The van der Waals surface area contributed by atoms with Crippen LogP contribution in [0, 0.1) is 5.82 Å². The number of benzene rings is 1. The predicted octanol–water partition coefficient (Wildman–Crippen LogP) is 4.78. The van der Waals surface area contributed by atoms with Crippen LogP contribution in [0.4, 0.5) is 20.7 Å². The molecule has 5 heterocycles. The van der Waals surface area contributed by atoms with Crippen LogP contribution < -0.4 is 5.32 Å². The monoisotopic (exact) mass is 545 g/mol. The van der Waals surface area contributed by atoms with Crippen LogP contribution in [0.1, 0.15) is 48.7 Å². The van der Waals surface area contributed by atoms with Gasteiger partial charge in [-0.05, 0) is 44.5 Å². The largest absolute Gasteiger partial charge is 0.443 e. The molecule has 2 N–H and O–H groups in total. The summed E-state index contributed by atoms with van der Waals surface area (Å²) < 4.78 is 26.4. The zero-order valence-electron chi connectivity index (χ0n) is 22.3. The van der Waals surface area contributed by atoms with Gasteiger partial charge < -0.3 is 19.9 Å². The highest BCUT2D eigenvalue weighted by molar-refractivity contribution is 6.11. The van der Waals surface area contributed by atoms with Crippen molar-refractivity contribution in [3.05, 3.63) is 77.5 Å². The number of aliphatic hydroxyl groups is 1. The van der Waals surface area contributed by atoms with E-state index in [9.17, 15) is 19.1 Å². The number of rotatable bonds is 4. The number of carbonyl (C=O) groups excluding carboxylic acids is 2. The van der Waals surface area contributed by atoms with Crippen molar-refractivity contribution in [3.8, 4) is 11.3 Å². The number of ether oxygens (including phenoxy) is 2. The predicted molar refractivity (Wildman–Crippen MR) is 144 cm³/mol. The van der Waals surface area contributed by atoms with Crippen LogP contribution in [0.3, 0.4) is 0 Å². The van der Waals surface area contributed by atoms with E-state index in [0.717, 1.165) is 4.90 Å². The number of halogens is 1. The summed E-state index contributed by atoms with van der Waals surface area (Å²) in [6, 6.07) is 9.70. The second-order valence-corrected chi connectivity index (χ2v) is 11.0. The van der Waals surface area contributed by atoms with E-state index in [-0.39, 0.29) is 13.2 Å². The number of fused-ring (bicyclic) bond motifs is 2. The number of hydrogen-bond acceptors (Lipinski definition) is 8. The zero-order chi connectivity index (χ0) is 28.2. The molecule has 4 aromatic rings. The minimum Gasteiger partial charge on any atom is -0.443 e. The number of nitrogens with zero attached hydrogens (tertiary/aromatic N) is 4. The highest BCUT2D eigenvalue weighted by atomic mass is 19.1. The first-order chi connectivity index (χ1) is 19.0. The summed E-state index contributed by atoms with van der Waals surface area (Å²) in [7, 11) is 0. The average molecular weight is 546 g/mol. The number of carbonyl (C=O) groups is 2. The summed E-state index contributed by atoms with van der Waals surface area (Å²) in [5, 5.41) is 14.0. The fraction of sp³-hybridized carbons (Fsp3) is 0.310. The van der Waals surface area contributed by atoms with Crippen molar-refractivity contribution in [1.29, 1.82) is 0 Å². The van der Waals surface area contributed by atoms with Crippen LogP contribution in [0.5, 0.6) is 0 Å². The molecule has 0 radical (unpaired) electrons. The van der Waals surface area contributed by atoms with Gasteiger partial charge in [0.15, 0.2) is 0 Å². The lowest BCUT2D eigenvalue weighted by Crippen LogP contribution is -2.37. The van der Waals surface area contributed by atoms with E-state index in [1.165, 1.54) is 12.1 Å². The van der Waals surface area contributed by atoms with Crippen molar-refractivity contribution in [1.82, 2.24) is 19.3 Å². The Morgan fingerprint density at radius 1 is 1.18 bits per heavy atom. The normalized spacial score (nSPS) is 18.8. The van der Waals surface area contributed by atoms with E-state index in [0.29, 0.717) is 58.1 Å². The summed E-state index contributed by atoms with van der Waals surface area (Å²) in [6.45, 7) is 5.88. The van der Waals surface area contributed by atoms with Gasteiger partial charge in [0.2, 0.25) is 0 Å². The van der Waals surface area contributed by atoms with Gasteiger partial charge in [-0.25, -0.2) is 24.1 Å². The third-order valence-corrected chi connectivity index (χ3v) is 7.02. The molecule has 10 nitrogen and oxygen atoms in total. The summed E-state index contributed by atoms with van der Waals surface area (Å²) in [5.74, 6) is -0.468. The smallest absolute Gasteiger partial charge is 0.417 e. The molecule has 1 fully saturated rings. The SMILES string of the molecule is CC(C)(C)OC(=O)N1Cc2c(-c3cnc4cc(F)ccn34)ccc(Nc3ccc([C@@]4(O)CCOC4)cn3)c2C1=O. The Balaban J connectivity index is 1.40. The summed E-state index contributed by atoms with van der Waals surface area (Å²) >= 11 is 0. The number of imide groups is 1. The first-order valence-electron chi connectivity index (χ1n) is 12.9. The van der Waals surface area contributed by atoms with Gasteiger partial charge in [0.1, 0.15) is 28.5 Å². The van der Waals surface area contributed by atoms with Crippen molar-refractivity contribution >= 4 is 29.2 Å². The molecule has 0 bridgehead atoms. The van der Waals surface area contributed by atoms with E-state index in [1.807, 2.05) is 6.07 Å². The summed E-state index contributed by atoms with van der Waals surface area (Å²) in [4.78, 5) is 36.5. The molecule has 1 aromatic carbocycles. The molecule has 0 aliphatic carbocycles. The lowest BCUT2D eigenvalue weighted by Gasteiger charge is -2.23. The molecule has 0 spiro atoms. The Morgan fingerprint density at radius 3 is 2.70 bits per heavy atom. The molecule has 2 aliphatic heterocycles. The van der Waals surface area contributed by atoms with Crippen molar-refractivity contribution in [3.63, 3.8) is 0 Å². The van der Waals surface area contributed by atoms with E-state index in [1.54, 1.807) is 62.0 Å². The maximum Gasteiger partial charge on any atom is 0.417 e. The molecule has 0 saturated carbocycles. The lowest BCUT2D eigenvalue weighted by molar-refractivity contribution is 0.0228. The third kappa shape index (κ3) is 4.56. The quantitative estimate of drug-likeness (QED) is 0.376. The molecule has 40 heavy (non-hydrogen) atoms. The fourth-order valence-electron chi connectivity index (χ4n) is 5.05. The summed E-state index contributed by atoms with van der Waals surface area (Å²) in [5.41, 5.74) is 1.87. The number of amides is 2. The Hall–Kier alpha value is -4.35. The summed E-state index contributed by atoms with van der Waals surface area (Å²) in [6.07, 6.45) is 4.50. The van der Waals surface area contributed by atoms with Crippen LogP contribution in [0.15, 0.2) is 55.0 Å². The molecular formula is C29H28FN5O5. The molecular weight excluding hydrogens is 517 g/mol. The van der Waals surface area contributed by atoms with E-state index >= 15 is 0 Å². The van der Waals surface area contributed by atoms with Crippen molar-refractivity contribution in [2.24, 2.45) is 0 Å². The van der Waals surface area contributed by atoms with Crippen LogP contribution in [-0.2, 0) is 21.6 Å². The first-order valence-corrected chi connectivity index (χ1v) is 12.9. The van der Waals surface area contributed by atoms with Crippen LogP contribution in [-0.4, -0.2) is 55.2 Å². The average Bonchev–Trinajstić information content (AvgIpc) is 3.61. The lowest BCUT2D eigenvalue weighted by atomic mass is 9.95. The van der Waals surface area contributed by atoms with Crippen LogP contribution >= 0.6 is 0 Å². The molecule has 1 atom stereocenters. The van der Waals surface area contributed by atoms with Crippen LogP contribution in [0.25, 0.3) is 16.9 Å². The second kappa shape index (κ2) is 9.39. The molecule has 1 saturated heterocycles. The van der Waals surface area contributed by atoms with Gasteiger partial charge in [0.25, 0.3) is 5.91 Å². The highest BCUT2D eigenvalue weighted by Crippen LogP contribution is 2.39. The number of imidazole rings is 1. The second-order valence-electron chi connectivity index (χ2n) is 11.0. The molecule has 2 amide bonds. The van der Waals surface area contributed by atoms with E-state index in [4.69, 9.17) is 9.47 Å². The number of aromatic nitrogens is 3. The molecule has 11 heteroatoms. The fourth-order valence-corrected chi connectivity index (χ4v) is 5.05. The highest BCUT2D eigenvalue weighted by Gasteiger charge is 2.39. The van der Waals surface area contributed by atoms with Gasteiger partial charge in [0.05, 0.1) is 36.3 Å².